The number of nitrogens with zero attached hydrogens (tertiary/aromatic N) is 1. The molecular formula is C15H21ClN2O4. The fourth-order valence-corrected chi connectivity index (χ4v) is 2.63. The van der Waals surface area contributed by atoms with E-state index in [0.717, 1.165) is 25.9 Å². The maximum absolute atomic E-state index is 10.6. The van der Waals surface area contributed by atoms with E-state index in [-0.39, 0.29) is 12.6 Å². The predicted molar refractivity (Wildman–Crippen MR) is 83.6 cm³/mol. The molecule has 1 unspecified atom stereocenters. The number of rotatable bonds is 6. The van der Waals surface area contributed by atoms with Crippen molar-refractivity contribution in [3.05, 3.63) is 29.3 Å². The monoisotopic (exact) mass is 328 g/mol. The van der Waals surface area contributed by atoms with Gasteiger partial charge in [0.1, 0.15) is 18.5 Å². The minimum Gasteiger partial charge on any atom is -0.491 e. The van der Waals surface area contributed by atoms with Crippen LogP contribution in [0.1, 0.15) is 12.8 Å². The van der Waals surface area contributed by atoms with E-state index < -0.39 is 12.2 Å². The number of carbonyl (C=O) groups is 1. The van der Waals surface area contributed by atoms with Crippen molar-refractivity contribution < 1.29 is 19.7 Å². The molecule has 3 N–H and O–H groups in total. The van der Waals surface area contributed by atoms with Gasteiger partial charge in [-0.05, 0) is 37.1 Å². The number of aliphatic hydroxyl groups is 1. The molecule has 1 aliphatic rings. The molecule has 1 fully saturated rings. The van der Waals surface area contributed by atoms with Crippen molar-refractivity contribution in [2.45, 2.75) is 25.0 Å². The summed E-state index contributed by atoms with van der Waals surface area (Å²) in [6.45, 7) is 2.27. The molecule has 122 valence electrons. The van der Waals surface area contributed by atoms with Crippen LogP contribution >= 0.6 is 11.6 Å². The molecule has 0 radical (unpaired) electrons. The summed E-state index contributed by atoms with van der Waals surface area (Å²) in [5.74, 6) is 0.674. The lowest BCUT2D eigenvalue weighted by molar-refractivity contribution is 0.0578. The topological polar surface area (TPSA) is 82.0 Å². The molecule has 1 aromatic carbocycles. The predicted octanol–water partition coefficient (Wildman–Crippen LogP) is 1.81. The Labute approximate surface area is 134 Å². The fourth-order valence-electron chi connectivity index (χ4n) is 2.51. The SMILES string of the molecule is O=C(O)NC1CCN(CC(O)COc2ccc(Cl)cc2)CC1. The van der Waals surface area contributed by atoms with Gasteiger partial charge in [-0.2, -0.15) is 0 Å². The first-order chi connectivity index (χ1) is 10.5. The van der Waals surface area contributed by atoms with Crippen molar-refractivity contribution in [3.8, 4) is 5.75 Å². The molecule has 7 heteroatoms. The van der Waals surface area contributed by atoms with Crippen molar-refractivity contribution in [2.75, 3.05) is 26.2 Å². The van der Waals surface area contributed by atoms with Crippen LogP contribution < -0.4 is 10.1 Å². The van der Waals surface area contributed by atoms with Crippen LogP contribution in [0.3, 0.4) is 0 Å². The lowest BCUT2D eigenvalue weighted by Crippen LogP contribution is -2.46. The molecule has 1 aromatic rings. The average Bonchev–Trinajstić information content (AvgIpc) is 2.48. The van der Waals surface area contributed by atoms with Gasteiger partial charge in [-0.3, -0.25) is 0 Å². The first-order valence-electron chi connectivity index (χ1n) is 7.31. The zero-order valence-electron chi connectivity index (χ0n) is 12.2. The van der Waals surface area contributed by atoms with Gasteiger partial charge in [0, 0.05) is 30.7 Å². The molecule has 0 spiro atoms. The lowest BCUT2D eigenvalue weighted by Gasteiger charge is -2.32. The summed E-state index contributed by atoms with van der Waals surface area (Å²) in [7, 11) is 0. The second kappa shape index (κ2) is 8.22. The van der Waals surface area contributed by atoms with Crippen LogP contribution in [0.15, 0.2) is 24.3 Å². The lowest BCUT2D eigenvalue weighted by atomic mass is 10.1. The highest BCUT2D eigenvalue weighted by Gasteiger charge is 2.22. The molecule has 1 amide bonds. The number of benzene rings is 1. The minimum absolute atomic E-state index is 0.0104. The molecule has 1 heterocycles. The van der Waals surface area contributed by atoms with Gasteiger partial charge in [0.05, 0.1) is 0 Å². The van der Waals surface area contributed by atoms with Crippen LogP contribution in [0.2, 0.25) is 5.02 Å². The quantitative estimate of drug-likeness (QED) is 0.742. The van der Waals surface area contributed by atoms with Gasteiger partial charge >= 0.3 is 6.09 Å². The van der Waals surface area contributed by atoms with Gasteiger partial charge in [0.2, 0.25) is 0 Å². The molecule has 22 heavy (non-hydrogen) atoms. The van der Waals surface area contributed by atoms with E-state index in [1.54, 1.807) is 24.3 Å². The van der Waals surface area contributed by atoms with Crippen molar-refractivity contribution >= 4 is 17.7 Å². The number of halogens is 1. The number of carboxylic acid groups (broad SMARTS) is 1. The summed E-state index contributed by atoms with van der Waals surface area (Å²) >= 11 is 5.79. The normalized spacial score (nSPS) is 17.9. The number of piperidine rings is 1. The van der Waals surface area contributed by atoms with Crippen molar-refractivity contribution in [1.82, 2.24) is 10.2 Å². The third-order valence-corrected chi connectivity index (χ3v) is 3.89. The summed E-state index contributed by atoms with van der Waals surface area (Å²) in [6, 6.07) is 7.01. The van der Waals surface area contributed by atoms with Crippen molar-refractivity contribution in [2.24, 2.45) is 0 Å². The van der Waals surface area contributed by atoms with Crippen LogP contribution in [-0.2, 0) is 0 Å². The summed E-state index contributed by atoms with van der Waals surface area (Å²) in [6.07, 6.45) is -0.0387. The number of amides is 1. The Hall–Kier alpha value is -1.50. The third kappa shape index (κ3) is 5.71. The van der Waals surface area contributed by atoms with Gasteiger partial charge in [-0.15, -0.1) is 0 Å². The zero-order valence-corrected chi connectivity index (χ0v) is 13.0. The van der Waals surface area contributed by atoms with Crippen LogP contribution in [-0.4, -0.2) is 59.6 Å². The molecule has 1 saturated heterocycles. The van der Waals surface area contributed by atoms with E-state index in [0.29, 0.717) is 17.3 Å². The standard InChI is InChI=1S/C15H21ClN2O4/c16-11-1-3-14(4-2-11)22-10-13(19)9-18-7-5-12(6-8-18)17-15(20)21/h1-4,12-13,17,19H,5-10H2,(H,20,21). The molecular weight excluding hydrogens is 308 g/mol. The summed E-state index contributed by atoms with van der Waals surface area (Å²) in [5.41, 5.74) is 0. The largest absolute Gasteiger partial charge is 0.491 e. The van der Waals surface area contributed by atoms with Crippen LogP contribution in [0.4, 0.5) is 4.79 Å². The Kier molecular flexibility index (Phi) is 6.30. The van der Waals surface area contributed by atoms with Crippen molar-refractivity contribution in [3.63, 3.8) is 0 Å². The van der Waals surface area contributed by atoms with Gasteiger partial charge in [0.25, 0.3) is 0 Å². The van der Waals surface area contributed by atoms with Gasteiger partial charge in [-0.1, -0.05) is 11.6 Å². The third-order valence-electron chi connectivity index (χ3n) is 3.64. The van der Waals surface area contributed by atoms with E-state index in [9.17, 15) is 9.90 Å². The zero-order chi connectivity index (χ0) is 15.9. The highest BCUT2D eigenvalue weighted by molar-refractivity contribution is 6.30. The molecule has 0 saturated carbocycles. The molecule has 1 atom stereocenters. The Morgan fingerprint density at radius 1 is 1.36 bits per heavy atom. The summed E-state index contributed by atoms with van der Waals surface area (Å²) < 4.78 is 5.51. The van der Waals surface area contributed by atoms with Crippen molar-refractivity contribution in [1.29, 1.82) is 0 Å². The smallest absolute Gasteiger partial charge is 0.404 e. The maximum atomic E-state index is 10.6. The van der Waals surface area contributed by atoms with E-state index in [1.165, 1.54) is 0 Å². The summed E-state index contributed by atoms with van der Waals surface area (Å²) in [4.78, 5) is 12.7. The van der Waals surface area contributed by atoms with Crippen LogP contribution in [0.5, 0.6) is 5.75 Å². The van der Waals surface area contributed by atoms with E-state index >= 15 is 0 Å². The minimum atomic E-state index is -0.977. The summed E-state index contributed by atoms with van der Waals surface area (Å²) in [5, 5.41) is 21.9. The number of likely N-dealkylation sites (tertiary alicyclic amines) is 1. The number of ether oxygens (including phenoxy) is 1. The first kappa shape index (κ1) is 16.9. The Morgan fingerprint density at radius 3 is 2.59 bits per heavy atom. The Morgan fingerprint density at radius 2 is 2.00 bits per heavy atom. The fraction of sp³-hybridized carbons (Fsp3) is 0.533. The van der Waals surface area contributed by atoms with E-state index in [2.05, 4.69) is 10.2 Å². The van der Waals surface area contributed by atoms with Crippen LogP contribution in [0.25, 0.3) is 0 Å². The highest BCUT2D eigenvalue weighted by Crippen LogP contribution is 2.16. The van der Waals surface area contributed by atoms with Gasteiger partial charge in [-0.25, -0.2) is 4.79 Å². The number of hydrogen-bond acceptors (Lipinski definition) is 4. The van der Waals surface area contributed by atoms with E-state index in [4.69, 9.17) is 21.4 Å². The van der Waals surface area contributed by atoms with Gasteiger partial charge < -0.3 is 25.2 Å². The van der Waals surface area contributed by atoms with Gasteiger partial charge in [0.15, 0.2) is 0 Å². The molecule has 1 aliphatic heterocycles. The molecule has 0 aliphatic carbocycles. The van der Waals surface area contributed by atoms with Crippen LogP contribution in [0, 0.1) is 0 Å². The number of nitrogens with one attached hydrogen (secondary N) is 1. The Balaban J connectivity index is 1.66. The number of aliphatic hydroxyl groups excluding tert-OH is 1. The molecule has 6 nitrogen and oxygen atoms in total. The first-order valence-corrected chi connectivity index (χ1v) is 7.69. The maximum Gasteiger partial charge on any atom is 0.404 e. The van der Waals surface area contributed by atoms with E-state index in [1.807, 2.05) is 0 Å². The average molecular weight is 329 g/mol. The molecule has 2 rings (SSSR count). The molecule has 0 bridgehead atoms. The molecule has 0 aromatic heterocycles. The number of β-amino-alcohol motifs (C(OH)–C–C–N with tert-alkyl or cyclic N) is 1. The Bertz CT molecular complexity index is 475. The number of hydrogen-bond donors (Lipinski definition) is 3. The highest BCUT2D eigenvalue weighted by atomic mass is 35.5. The second-order valence-electron chi connectivity index (χ2n) is 5.44. The second-order valence-corrected chi connectivity index (χ2v) is 5.88.